The molecule has 0 unspecified atom stereocenters. The molecule has 0 saturated carbocycles. The molecule has 2 N–H and O–H groups in total. The minimum absolute atomic E-state index is 0.0498. The second kappa shape index (κ2) is 5.23. The number of hydrogen-bond acceptors (Lipinski definition) is 3. The zero-order valence-electron chi connectivity index (χ0n) is 7.25. The van der Waals surface area contributed by atoms with Gasteiger partial charge >= 0.3 is 0 Å². The van der Waals surface area contributed by atoms with Crippen LogP contribution in [0.1, 0.15) is 19.8 Å². The van der Waals surface area contributed by atoms with Crippen LogP contribution >= 0.6 is 0 Å². The Morgan fingerprint density at radius 1 is 1.42 bits per heavy atom. The maximum absolute atomic E-state index is 10.7. The van der Waals surface area contributed by atoms with E-state index in [1.165, 1.54) is 7.05 Å². The molecule has 0 radical (unpaired) electrons. The summed E-state index contributed by atoms with van der Waals surface area (Å²) in [6.45, 7) is 1.91. The Morgan fingerprint density at radius 2 is 2.00 bits per heavy atom. The van der Waals surface area contributed by atoms with Crippen molar-refractivity contribution in [3.63, 3.8) is 0 Å². The summed E-state index contributed by atoms with van der Waals surface area (Å²) in [6.07, 6.45) is 0.693. The molecule has 0 aliphatic carbocycles. The Balaban J connectivity index is 3.64. The third kappa shape index (κ3) is 5.22. The van der Waals surface area contributed by atoms with Crippen molar-refractivity contribution in [1.29, 1.82) is 0 Å². The zero-order valence-corrected chi connectivity index (χ0v) is 8.07. The molecule has 0 bridgehead atoms. The molecule has 6 heteroatoms. The lowest BCUT2D eigenvalue weighted by molar-refractivity contribution is -0.118. The molecule has 0 aliphatic heterocycles. The average molecular weight is 194 g/mol. The largest absolute Gasteiger partial charge is 0.300 e. The van der Waals surface area contributed by atoms with Crippen LogP contribution in [0, 0.1) is 0 Å². The van der Waals surface area contributed by atoms with Crippen LogP contribution < -0.4 is 9.44 Å². The molecular formula is C6H14N2O3S. The van der Waals surface area contributed by atoms with Gasteiger partial charge in [0.25, 0.3) is 10.2 Å². The first-order valence-electron chi connectivity index (χ1n) is 3.71. The smallest absolute Gasteiger partial charge is 0.276 e. The molecule has 5 nitrogen and oxygen atoms in total. The summed E-state index contributed by atoms with van der Waals surface area (Å²) in [7, 11) is -2.07. The second-order valence-corrected chi connectivity index (χ2v) is 3.95. The third-order valence-electron chi connectivity index (χ3n) is 1.36. The zero-order chi connectivity index (χ0) is 9.61. The lowest BCUT2D eigenvalue weighted by atomic mass is 10.2. The fourth-order valence-electron chi connectivity index (χ4n) is 0.574. The first kappa shape index (κ1) is 11.5. The Bertz CT molecular complexity index is 235. The van der Waals surface area contributed by atoms with Gasteiger partial charge in [-0.05, 0) is 0 Å². The topological polar surface area (TPSA) is 75.3 Å². The van der Waals surface area contributed by atoms with Gasteiger partial charge in [0.2, 0.25) is 0 Å². The molecule has 0 amide bonds. The highest BCUT2D eigenvalue weighted by atomic mass is 32.2. The van der Waals surface area contributed by atoms with E-state index in [4.69, 9.17) is 0 Å². The summed E-state index contributed by atoms with van der Waals surface area (Å²) < 4.78 is 25.8. The fourth-order valence-corrected chi connectivity index (χ4v) is 1.09. The minimum Gasteiger partial charge on any atom is -0.300 e. The quantitative estimate of drug-likeness (QED) is 0.593. The van der Waals surface area contributed by atoms with Crippen LogP contribution in [0.5, 0.6) is 0 Å². The van der Waals surface area contributed by atoms with E-state index in [1.54, 1.807) is 6.92 Å². The van der Waals surface area contributed by atoms with Crippen molar-refractivity contribution in [2.24, 2.45) is 0 Å². The van der Waals surface area contributed by atoms with Gasteiger partial charge in [-0.3, -0.25) is 4.79 Å². The van der Waals surface area contributed by atoms with Crippen LogP contribution in [0.4, 0.5) is 0 Å². The summed E-state index contributed by atoms with van der Waals surface area (Å²) in [5, 5.41) is 0. The van der Waals surface area contributed by atoms with Crippen molar-refractivity contribution in [3.8, 4) is 0 Å². The number of carbonyl (C=O) groups is 1. The first-order valence-corrected chi connectivity index (χ1v) is 5.20. The standard InChI is InChI=1S/C6H14N2O3S/c1-3-6(9)4-5-8-12(10,11)7-2/h7-8H,3-5H2,1-2H3. The summed E-state index contributed by atoms with van der Waals surface area (Å²) >= 11 is 0. The van der Waals surface area contributed by atoms with E-state index >= 15 is 0 Å². The molecular weight excluding hydrogens is 180 g/mol. The molecule has 0 rings (SSSR count). The Morgan fingerprint density at radius 3 is 2.42 bits per heavy atom. The average Bonchev–Trinajstić information content (AvgIpc) is 2.04. The van der Waals surface area contributed by atoms with Crippen molar-refractivity contribution in [3.05, 3.63) is 0 Å². The fraction of sp³-hybridized carbons (Fsp3) is 0.833. The van der Waals surface area contributed by atoms with Gasteiger partial charge in [0, 0.05) is 26.4 Å². The predicted molar refractivity (Wildman–Crippen MR) is 45.9 cm³/mol. The van der Waals surface area contributed by atoms with Gasteiger partial charge in [-0.1, -0.05) is 6.92 Å². The monoisotopic (exact) mass is 194 g/mol. The number of nitrogens with one attached hydrogen (secondary N) is 2. The van der Waals surface area contributed by atoms with Crippen molar-refractivity contribution in [1.82, 2.24) is 9.44 Å². The van der Waals surface area contributed by atoms with Crippen molar-refractivity contribution in [2.75, 3.05) is 13.6 Å². The number of ketones is 1. The van der Waals surface area contributed by atoms with Crippen LogP contribution in [0.3, 0.4) is 0 Å². The second-order valence-electron chi connectivity index (χ2n) is 2.24. The van der Waals surface area contributed by atoms with Crippen LogP contribution in [0.25, 0.3) is 0 Å². The molecule has 0 aliphatic rings. The Labute approximate surface area is 72.7 Å². The highest BCUT2D eigenvalue weighted by Gasteiger charge is 2.05. The van der Waals surface area contributed by atoms with E-state index in [0.29, 0.717) is 6.42 Å². The molecule has 0 spiro atoms. The lowest BCUT2D eigenvalue weighted by Crippen LogP contribution is -2.35. The predicted octanol–water partition coefficient (Wildman–Crippen LogP) is -0.591. The molecule has 0 aromatic heterocycles. The van der Waals surface area contributed by atoms with Crippen LogP contribution in [-0.4, -0.2) is 27.8 Å². The molecule has 72 valence electrons. The number of hydrogen-bond donors (Lipinski definition) is 2. The Kier molecular flexibility index (Phi) is 5.03. The third-order valence-corrected chi connectivity index (χ3v) is 2.48. The number of rotatable bonds is 6. The maximum atomic E-state index is 10.7. The van der Waals surface area contributed by atoms with Gasteiger partial charge in [0.05, 0.1) is 0 Å². The van der Waals surface area contributed by atoms with Gasteiger partial charge in [-0.2, -0.15) is 8.42 Å². The van der Waals surface area contributed by atoms with Crippen molar-refractivity contribution in [2.45, 2.75) is 19.8 Å². The van der Waals surface area contributed by atoms with Crippen molar-refractivity contribution < 1.29 is 13.2 Å². The van der Waals surface area contributed by atoms with E-state index in [1.807, 2.05) is 0 Å². The molecule has 0 saturated heterocycles. The van der Waals surface area contributed by atoms with E-state index in [2.05, 4.69) is 9.44 Å². The van der Waals surface area contributed by atoms with E-state index < -0.39 is 10.2 Å². The van der Waals surface area contributed by atoms with E-state index in [9.17, 15) is 13.2 Å². The minimum atomic E-state index is -3.38. The van der Waals surface area contributed by atoms with Gasteiger partial charge in [-0.25, -0.2) is 9.44 Å². The lowest BCUT2D eigenvalue weighted by Gasteiger charge is -2.02. The van der Waals surface area contributed by atoms with Crippen LogP contribution in [-0.2, 0) is 15.0 Å². The molecule has 0 heterocycles. The van der Waals surface area contributed by atoms with Crippen molar-refractivity contribution >= 4 is 16.0 Å². The van der Waals surface area contributed by atoms with E-state index in [0.717, 1.165) is 0 Å². The van der Waals surface area contributed by atoms with Gasteiger partial charge < -0.3 is 0 Å². The van der Waals surface area contributed by atoms with E-state index in [-0.39, 0.29) is 18.7 Å². The number of Topliss-reactive ketones (excluding diaryl/α,β-unsaturated/α-hetero) is 1. The Hall–Kier alpha value is -0.460. The van der Waals surface area contributed by atoms with Crippen LogP contribution in [0.2, 0.25) is 0 Å². The van der Waals surface area contributed by atoms with Gasteiger partial charge in [0.1, 0.15) is 5.78 Å². The molecule has 0 aromatic rings. The van der Waals surface area contributed by atoms with Gasteiger partial charge in [0.15, 0.2) is 0 Å². The molecule has 0 fully saturated rings. The normalized spacial score (nSPS) is 11.5. The van der Waals surface area contributed by atoms with Crippen LogP contribution in [0.15, 0.2) is 0 Å². The highest BCUT2D eigenvalue weighted by molar-refractivity contribution is 7.87. The summed E-state index contributed by atoms with van der Waals surface area (Å²) in [6, 6.07) is 0. The van der Waals surface area contributed by atoms with Gasteiger partial charge in [-0.15, -0.1) is 0 Å². The summed E-state index contributed by atoms with van der Waals surface area (Å²) in [4.78, 5) is 10.7. The first-order chi connectivity index (χ1) is 5.52. The molecule has 12 heavy (non-hydrogen) atoms. The SMILES string of the molecule is CCC(=O)CCNS(=O)(=O)NC. The highest BCUT2D eigenvalue weighted by Crippen LogP contribution is 1.86. The number of carbonyl (C=O) groups excluding carboxylic acids is 1. The molecule has 0 atom stereocenters. The summed E-state index contributed by atoms with van der Waals surface area (Å²) in [5.74, 6) is 0.0498. The summed E-state index contributed by atoms with van der Waals surface area (Å²) in [5.41, 5.74) is 0. The maximum Gasteiger partial charge on any atom is 0.276 e. The molecule has 0 aromatic carbocycles.